The average molecular weight is 340 g/mol. The van der Waals surface area contributed by atoms with Crippen LogP contribution in [0.5, 0.6) is 0 Å². The summed E-state index contributed by atoms with van der Waals surface area (Å²) in [5.74, 6) is -0.120. The van der Waals surface area contributed by atoms with Crippen LogP contribution in [0.2, 0.25) is 5.02 Å². The zero-order valence-corrected chi connectivity index (χ0v) is 13.9. The van der Waals surface area contributed by atoms with E-state index >= 15 is 0 Å². The molecule has 0 saturated heterocycles. The summed E-state index contributed by atoms with van der Waals surface area (Å²) in [4.78, 5) is 16.2. The van der Waals surface area contributed by atoms with Crippen LogP contribution >= 0.6 is 11.6 Å². The molecule has 2 heterocycles. The highest BCUT2D eigenvalue weighted by atomic mass is 35.5. The summed E-state index contributed by atoms with van der Waals surface area (Å²) in [6.45, 7) is 1.42. The second-order valence-corrected chi connectivity index (χ2v) is 5.83. The van der Waals surface area contributed by atoms with Gasteiger partial charge in [-0.05, 0) is 42.3 Å². The van der Waals surface area contributed by atoms with Gasteiger partial charge in [0.25, 0.3) is 0 Å². The third-order valence-corrected chi connectivity index (χ3v) is 4.06. The number of carbonyl (C=O) groups excluding carboxylic acids is 1. The van der Waals surface area contributed by atoms with Crippen LogP contribution in [0.15, 0.2) is 60.9 Å². The molecule has 1 N–H and O–H groups in total. The highest BCUT2D eigenvalue weighted by Gasteiger charge is 2.01. The van der Waals surface area contributed by atoms with Crippen molar-refractivity contribution in [1.82, 2.24) is 14.9 Å². The van der Waals surface area contributed by atoms with Gasteiger partial charge in [0.2, 0.25) is 5.91 Å². The van der Waals surface area contributed by atoms with Crippen LogP contribution in [-0.4, -0.2) is 22.0 Å². The molecule has 0 atom stereocenters. The highest BCUT2D eigenvalue weighted by molar-refractivity contribution is 6.32. The minimum Gasteiger partial charge on any atom is -0.352 e. The van der Waals surface area contributed by atoms with Crippen molar-refractivity contribution in [2.45, 2.75) is 13.0 Å². The van der Waals surface area contributed by atoms with E-state index in [1.165, 1.54) is 6.08 Å². The lowest BCUT2D eigenvalue weighted by Crippen LogP contribution is -2.23. The number of fused-ring (bicyclic) bond motifs is 1. The lowest BCUT2D eigenvalue weighted by Gasteiger charge is -2.05. The van der Waals surface area contributed by atoms with Gasteiger partial charge in [-0.3, -0.25) is 4.79 Å². The van der Waals surface area contributed by atoms with Crippen molar-refractivity contribution in [3.63, 3.8) is 0 Å². The van der Waals surface area contributed by atoms with E-state index in [-0.39, 0.29) is 5.91 Å². The van der Waals surface area contributed by atoms with Gasteiger partial charge in [0.15, 0.2) is 0 Å². The van der Waals surface area contributed by atoms with E-state index in [1.54, 1.807) is 18.3 Å². The number of amides is 1. The van der Waals surface area contributed by atoms with Crippen molar-refractivity contribution >= 4 is 34.6 Å². The summed E-state index contributed by atoms with van der Waals surface area (Å²) in [6.07, 6.45) is 7.89. The van der Waals surface area contributed by atoms with E-state index in [0.717, 1.165) is 29.6 Å². The van der Waals surface area contributed by atoms with Gasteiger partial charge >= 0.3 is 0 Å². The maximum Gasteiger partial charge on any atom is 0.244 e. The van der Waals surface area contributed by atoms with Crippen molar-refractivity contribution < 1.29 is 4.79 Å². The highest BCUT2D eigenvalue weighted by Crippen LogP contribution is 2.16. The van der Waals surface area contributed by atoms with E-state index < -0.39 is 0 Å². The smallest absolute Gasteiger partial charge is 0.244 e. The molecule has 0 radical (unpaired) electrons. The van der Waals surface area contributed by atoms with Crippen LogP contribution < -0.4 is 5.32 Å². The standard InChI is InChI=1S/C19H18ClN3O/c20-17-7-2-1-5-15(17)8-9-18(24)21-12-4-13-23-14-10-16-6-3-11-22-19(16)23/h1-3,5-11,14H,4,12-13H2,(H,21,24). The lowest BCUT2D eigenvalue weighted by atomic mass is 10.2. The number of nitrogens with one attached hydrogen (secondary N) is 1. The maximum absolute atomic E-state index is 11.8. The van der Waals surface area contributed by atoms with E-state index in [9.17, 15) is 4.79 Å². The summed E-state index contributed by atoms with van der Waals surface area (Å²) >= 11 is 6.05. The Balaban J connectivity index is 1.46. The van der Waals surface area contributed by atoms with Gasteiger partial charge in [-0.2, -0.15) is 0 Å². The molecular weight excluding hydrogens is 322 g/mol. The van der Waals surface area contributed by atoms with E-state index in [4.69, 9.17) is 11.6 Å². The molecule has 0 aliphatic heterocycles. The van der Waals surface area contributed by atoms with E-state index in [1.807, 2.05) is 42.6 Å². The predicted molar refractivity (Wildman–Crippen MR) is 97.8 cm³/mol. The number of nitrogens with zero attached hydrogens (tertiary/aromatic N) is 2. The zero-order chi connectivity index (χ0) is 16.8. The largest absolute Gasteiger partial charge is 0.352 e. The van der Waals surface area contributed by atoms with Crippen LogP contribution in [0.4, 0.5) is 0 Å². The van der Waals surface area contributed by atoms with Crippen molar-refractivity contribution in [2.75, 3.05) is 6.54 Å². The monoisotopic (exact) mass is 339 g/mol. The number of benzene rings is 1. The second kappa shape index (κ2) is 7.79. The van der Waals surface area contributed by atoms with Gasteiger partial charge < -0.3 is 9.88 Å². The number of aryl methyl sites for hydroxylation is 1. The molecule has 0 bridgehead atoms. The maximum atomic E-state index is 11.8. The van der Waals surface area contributed by atoms with Gasteiger partial charge in [0.05, 0.1) is 0 Å². The molecule has 0 saturated carbocycles. The predicted octanol–water partition coefficient (Wildman–Crippen LogP) is 3.91. The number of carbonyl (C=O) groups is 1. The summed E-state index contributed by atoms with van der Waals surface area (Å²) in [7, 11) is 0. The summed E-state index contributed by atoms with van der Waals surface area (Å²) in [5, 5.41) is 4.64. The molecule has 3 rings (SSSR count). The molecule has 4 nitrogen and oxygen atoms in total. The minimum atomic E-state index is -0.120. The molecule has 1 aromatic carbocycles. The Morgan fingerprint density at radius 1 is 1.21 bits per heavy atom. The Labute approximate surface area is 145 Å². The van der Waals surface area contributed by atoms with Crippen LogP contribution in [-0.2, 0) is 11.3 Å². The normalized spacial score (nSPS) is 11.2. The van der Waals surface area contributed by atoms with E-state index in [2.05, 4.69) is 14.9 Å². The van der Waals surface area contributed by atoms with Crippen LogP contribution in [0.3, 0.4) is 0 Å². The van der Waals surface area contributed by atoms with Gasteiger partial charge in [0.1, 0.15) is 5.65 Å². The fraction of sp³-hybridized carbons (Fsp3) is 0.158. The first-order chi connectivity index (χ1) is 11.7. The van der Waals surface area contributed by atoms with Gasteiger partial charge in [-0.15, -0.1) is 0 Å². The second-order valence-electron chi connectivity index (χ2n) is 5.42. The molecule has 1 amide bonds. The Bertz CT molecular complexity index is 870. The molecule has 3 aromatic rings. The molecule has 24 heavy (non-hydrogen) atoms. The molecule has 0 unspecified atom stereocenters. The number of aromatic nitrogens is 2. The first-order valence-corrected chi connectivity index (χ1v) is 8.22. The fourth-order valence-electron chi connectivity index (χ4n) is 2.50. The van der Waals surface area contributed by atoms with E-state index in [0.29, 0.717) is 11.6 Å². The molecule has 5 heteroatoms. The van der Waals surface area contributed by atoms with Gasteiger partial charge in [-0.25, -0.2) is 4.98 Å². The number of hydrogen-bond acceptors (Lipinski definition) is 2. The fourth-order valence-corrected chi connectivity index (χ4v) is 2.70. The average Bonchev–Trinajstić information content (AvgIpc) is 3.01. The van der Waals surface area contributed by atoms with Crippen LogP contribution in [0, 0.1) is 0 Å². The van der Waals surface area contributed by atoms with Crippen LogP contribution in [0.25, 0.3) is 17.1 Å². The Morgan fingerprint density at radius 2 is 2.08 bits per heavy atom. The number of rotatable bonds is 6. The summed E-state index contributed by atoms with van der Waals surface area (Å²) in [5.41, 5.74) is 1.81. The lowest BCUT2D eigenvalue weighted by molar-refractivity contribution is -0.116. The summed E-state index contributed by atoms with van der Waals surface area (Å²) in [6, 6.07) is 13.4. The molecule has 122 valence electrons. The number of pyridine rings is 1. The summed E-state index contributed by atoms with van der Waals surface area (Å²) < 4.78 is 2.10. The van der Waals surface area contributed by atoms with Gasteiger partial charge in [-0.1, -0.05) is 29.8 Å². The van der Waals surface area contributed by atoms with Crippen LogP contribution in [0.1, 0.15) is 12.0 Å². The first-order valence-electron chi connectivity index (χ1n) is 7.84. The topological polar surface area (TPSA) is 46.9 Å². The van der Waals surface area contributed by atoms with Crippen molar-refractivity contribution in [2.24, 2.45) is 0 Å². The molecule has 2 aromatic heterocycles. The molecule has 0 aliphatic rings. The number of halogens is 1. The third kappa shape index (κ3) is 4.03. The molecular formula is C19H18ClN3O. The van der Waals surface area contributed by atoms with Crippen molar-refractivity contribution in [3.8, 4) is 0 Å². The first kappa shape index (κ1) is 16.3. The minimum absolute atomic E-state index is 0.120. The third-order valence-electron chi connectivity index (χ3n) is 3.72. The molecule has 0 spiro atoms. The Kier molecular flexibility index (Phi) is 5.29. The van der Waals surface area contributed by atoms with Crippen molar-refractivity contribution in [1.29, 1.82) is 0 Å². The SMILES string of the molecule is O=C(C=Cc1ccccc1Cl)NCCCn1ccc2cccnc21. The molecule has 0 aliphatic carbocycles. The van der Waals surface area contributed by atoms with Crippen molar-refractivity contribution in [3.05, 3.63) is 71.5 Å². The molecule has 0 fully saturated rings. The Morgan fingerprint density at radius 3 is 2.96 bits per heavy atom. The number of hydrogen-bond donors (Lipinski definition) is 1. The van der Waals surface area contributed by atoms with Gasteiger partial charge in [0, 0.05) is 42.0 Å². The Hall–Kier alpha value is -2.59. The quantitative estimate of drug-likeness (QED) is 0.546. The zero-order valence-electron chi connectivity index (χ0n) is 13.2.